The van der Waals surface area contributed by atoms with Crippen molar-refractivity contribution in [3.8, 4) is 0 Å². The number of alkyl halides is 3. The van der Waals surface area contributed by atoms with Crippen molar-refractivity contribution >= 4 is 52.5 Å². The van der Waals surface area contributed by atoms with Gasteiger partial charge in [-0.1, -0.05) is 82.0 Å². The first-order chi connectivity index (χ1) is 10.8. The summed E-state index contributed by atoms with van der Waals surface area (Å²) in [6.45, 7) is 3.96. The van der Waals surface area contributed by atoms with Crippen LogP contribution in [-0.2, 0) is 0 Å². The number of halogens is 3. The highest BCUT2D eigenvalue weighted by molar-refractivity contribution is 8.00. The van der Waals surface area contributed by atoms with E-state index < -0.39 is 9.17 Å². The lowest BCUT2D eigenvalue weighted by atomic mass is 10.1. The number of hydrogen-bond acceptors (Lipinski definition) is 2. The number of carbonyl (C=O) groups is 1. The molecular formula is C17H16Cl3NOS. The van der Waals surface area contributed by atoms with E-state index in [1.165, 1.54) is 11.8 Å². The molecule has 0 aliphatic carbocycles. The lowest BCUT2D eigenvalue weighted by Crippen LogP contribution is -2.41. The van der Waals surface area contributed by atoms with Crippen LogP contribution in [0.4, 0.5) is 0 Å². The van der Waals surface area contributed by atoms with E-state index in [0.29, 0.717) is 5.56 Å². The van der Waals surface area contributed by atoms with Gasteiger partial charge in [0.2, 0.25) is 3.79 Å². The van der Waals surface area contributed by atoms with Crippen molar-refractivity contribution in [2.24, 2.45) is 0 Å². The van der Waals surface area contributed by atoms with Gasteiger partial charge in [-0.15, -0.1) is 0 Å². The third-order valence-electron chi connectivity index (χ3n) is 3.15. The highest BCUT2D eigenvalue weighted by Gasteiger charge is 2.35. The van der Waals surface area contributed by atoms with E-state index in [-0.39, 0.29) is 5.91 Å². The second-order valence-corrected chi connectivity index (χ2v) is 8.74. The minimum absolute atomic E-state index is 0.277. The number of hydrogen-bond donors (Lipinski definition) is 1. The predicted molar refractivity (Wildman–Crippen MR) is 99.8 cm³/mol. The molecule has 0 fully saturated rings. The Hall–Kier alpha value is -0.870. The van der Waals surface area contributed by atoms with Gasteiger partial charge < -0.3 is 5.32 Å². The number of amides is 1. The second-order valence-electron chi connectivity index (χ2n) is 5.19. The van der Waals surface area contributed by atoms with E-state index in [2.05, 4.69) is 5.32 Å². The summed E-state index contributed by atoms with van der Waals surface area (Å²) in [4.78, 5) is 13.3. The Bertz CT molecular complexity index is 666. The average molecular weight is 389 g/mol. The third-order valence-corrected chi connectivity index (χ3v) is 5.44. The molecule has 1 amide bonds. The Labute approximate surface area is 155 Å². The largest absolute Gasteiger partial charge is 0.336 e. The van der Waals surface area contributed by atoms with Crippen LogP contribution in [0.5, 0.6) is 0 Å². The van der Waals surface area contributed by atoms with E-state index >= 15 is 0 Å². The third kappa shape index (κ3) is 5.61. The summed E-state index contributed by atoms with van der Waals surface area (Å²) in [5.41, 5.74) is 2.75. The van der Waals surface area contributed by atoms with Crippen LogP contribution in [0.25, 0.3) is 0 Å². The van der Waals surface area contributed by atoms with Crippen LogP contribution < -0.4 is 5.32 Å². The number of rotatable bonds is 4. The second kappa shape index (κ2) is 7.80. The van der Waals surface area contributed by atoms with Gasteiger partial charge >= 0.3 is 0 Å². The molecule has 1 atom stereocenters. The van der Waals surface area contributed by atoms with E-state index in [4.69, 9.17) is 34.8 Å². The fraction of sp³-hybridized carbons (Fsp3) is 0.235. The fourth-order valence-electron chi connectivity index (χ4n) is 1.84. The Morgan fingerprint density at radius 1 is 0.957 bits per heavy atom. The van der Waals surface area contributed by atoms with Crippen molar-refractivity contribution in [3.63, 3.8) is 0 Å². The molecule has 0 saturated carbocycles. The zero-order valence-electron chi connectivity index (χ0n) is 12.6. The fourth-order valence-corrected chi connectivity index (χ4v) is 3.27. The Morgan fingerprint density at radius 3 is 1.91 bits per heavy atom. The molecule has 0 saturated heterocycles. The van der Waals surface area contributed by atoms with Gasteiger partial charge in [0.1, 0.15) is 5.37 Å². The lowest BCUT2D eigenvalue weighted by Gasteiger charge is -2.25. The Balaban J connectivity index is 2.14. The zero-order chi connectivity index (χ0) is 17.0. The molecule has 2 aromatic carbocycles. The van der Waals surface area contributed by atoms with Crippen LogP contribution in [-0.4, -0.2) is 15.1 Å². The molecule has 2 nitrogen and oxygen atoms in total. The molecule has 0 bridgehead atoms. The maximum Gasteiger partial charge on any atom is 0.252 e. The van der Waals surface area contributed by atoms with Gasteiger partial charge in [-0.25, -0.2) is 0 Å². The standard InChI is InChI=1S/C17H16Cl3NOS/c1-11-3-7-13(8-4-11)15(22)21-16(17(18,19)20)23-14-9-5-12(2)6-10-14/h3-10,16H,1-2H3,(H,21,22). The molecule has 0 aliphatic heterocycles. The molecule has 2 aromatic rings. The first kappa shape index (κ1) is 18.5. The monoisotopic (exact) mass is 387 g/mol. The molecule has 0 aliphatic rings. The van der Waals surface area contributed by atoms with E-state index in [1.807, 2.05) is 50.2 Å². The summed E-state index contributed by atoms with van der Waals surface area (Å²) in [6, 6.07) is 15.0. The van der Waals surface area contributed by atoms with E-state index in [9.17, 15) is 4.79 Å². The van der Waals surface area contributed by atoms with Crippen molar-refractivity contribution in [2.45, 2.75) is 27.9 Å². The zero-order valence-corrected chi connectivity index (χ0v) is 15.7. The number of carbonyl (C=O) groups excluding carboxylic acids is 1. The highest BCUT2D eigenvalue weighted by atomic mass is 35.6. The maximum absolute atomic E-state index is 12.4. The molecule has 23 heavy (non-hydrogen) atoms. The summed E-state index contributed by atoms with van der Waals surface area (Å²) < 4.78 is -1.63. The first-order valence-corrected chi connectivity index (χ1v) is 8.94. The van der Waals surface area contributed by atoms with Crippen molar-refractivity contribution in [2.75, 3.05) is 0 Å². The van der Waals surface area contributed by atoms with Gasteiger partial charge in [0.25, 0.3) is 5.91 Å². The molecule has 0 radical (unpaired) electrons. The van der Waals surface area contributed by atoms with Gasteiger partial charge in [0.15, 0.2) is 0 Å². The molecule has 1 unspecified atom stereocenters. The summed E-state index contributed by atoms with van der Waals surface area (Å²) in [5, 5.41) is 2.08. The molecule has 0 spiro atoms. The van der Waals surface area contributed by atoms with Gasteiger partial charge in [0.05, 0.1) is 0 Å². The number of benzene rings is 2. The summed E-state index contributed by atoms with van der Waals surface area (Å²) in [6.07, 6.45) is 0. The van der Waals surface area contributed by atoms with Crippen molar-refractivity contribution < 1.29 is 4.79 Å². The Kier molecular flexibility index (Phi) is 6.26. The highest BCUT2D eigenvalue weighted by Crippen LogP contribution is 2.39. The van der Waals surface area contributed by atoms with Crippen LogP contribution >= 0.6 is 46.6 Å². The maximum atomic E-state index is 12.4. The molecule has 122 valence electrons. The first-order valence-electron chi connectivity index (χ1n) is 6.93. The SMILES string of the molecule is Cc1ccc(SC(NC(=O)c2ccc(C)cc2)C(Cl)(Cl)Cl)cc1. The molecule has 0 heterocycles. The molecule has 0 aromatic heterocycles. The lowest BCUT2D eigenvalue weighted by molar-refractivity contribution is 0.0950. The summed E-state index contributed by atoms with van der Waals surface area (Å²) in [7, 11) is 0. The quantitative estimate of drug-likeness (QED) is 0.424. The Morgan fingerprint density at radius 2 is 1.43 bits per heavy atom. The van der Waals surface area contributed by atoms with E-state index in [1.54, 1.807) is 12.1 Å². The van der Waals surface area contributed by atoms with Crippen LogP contribution in [0, 0.1) is 13.8 Å². The minimum atomic E-state index is -1.63. The molecular weight excluding hydrogens is 373 g/mol. The summed E-state index contributed by atoms with van der Waals surface area (Å²) >= 11 is 19.4. The van der Waals surface area contributed by atoms with Crippen LogP contribution in [0.2, 0.25) is 0 Å². The normalized spacial score (nSPS) is 12.7. The summed E-state index contributed by atoms with van der Waals surface area (Å²) in [5.74, 6) is -0.277. The number of nitrogens with one attached hydrogen (secondary N) is 1. The van der Waals surface area contributed by atoms with Gasteiger partial charge in [0, 0.05) is 10.5 Å². The van der Waals surface area contributed by atoms with E-state index in [0.717, 1.165) is 16.0 Å². The number of aryl methyl sites for hydroxylation is 2. The smallest absolute Gasteiger partial charge is 0.252 e. The van der Waals surface area contributed by atoms with Crippen molar-refractivity contribution in [1.82, 2.24) is 5.32 Å². The van der Waals surface area contributed by atoms with Crippen molar-refractivity contribution in [3.05, 3.63) is 65.2 Å². The average Bonchev–Trinajstić information content (AvgIpc) is 2.48. The predicted octanol–water partition coefficient (Wildman–Crippen LogP) is 5.52. The van der Waals surface area contributed by atoms with Crippen LogP contribution in [0.15, 0.2) is 53.4 Å². The van der Waals surface area contributed by atoms with Crippen LogP contribution in [0.1, 0.15) is 21.5 Å². The molecule has 1 N–H and O–H groups in total. The number of thioether (sulfide) groups is 1. The van der Waals surface area contributed by atoms with Gasteiger partial charge in [-0.05, 0) is 38.1 Å². The van der Waals surface area contributed by atoms with Crippen LogP contribution in [0.3, 0.4) is 0 Å². The van der Waals surface area contributed by atoms with Gasteiger partial charge in [-0.2, -0.15) is 0 Å². The van der Waals surface area contributed by atoms with Gasteiger partial charge in [-0.3, -0.25) is 4.79 Å². The van der Waals surface area contributed by atoms with Crippen molar-refractivity contribution in [1.29, 1.82) is 0 Å². The minimum Gasteiger partial charge on any atom is -0.336 e. The molecule has 6 heteroatoms. The topological polar surface area (TPSA) is 29.1 Å². The molecule has 2 rings (SSSR count).